The zero-order chi connectivity index (χ0) is 13.8. The van der Waals surface area contributed by atoms with E-state index in [0.717, 1.165) is 5.56 Å². The van der Waals surface area contributed by atoms with Gasteiger partial charge in [-0.05, 0) is 30.8 Å². The van der Waals surface area contributed by atoms with Crippen LogP contribution in [0.2, 0.25) is 5.02 Å². The Bertz CT molecular complexity index is 574. The number of rotatable bonds is 4. The SMILES string of the molecule is CNC(c1ccccc1F)c1ccc(OC)cc1Cl. The minimum Gasteiger partial charge on any atom is -0.497 e. The van der Waals surface area contributed by atoms with Gasteiger partial charge < -0.3 is 10.1 Å². The van der Waals surface area contributed by atoms with E-state index in [-0.39, 0.29) is 11.9 Å². The molecule has 0 aliphatic carbocycles. The van der Waals surface area contributed by atoms with Gasteiger partial charge in [0.2, 0.25) is 0 Å². The molecule has 19 heavy (non-hydrogen) atoms. The molecule has 0 bridgehead atoms. The second-order valence-electron chi connectivity index (χ2n) is 4.13. The van der Waals surface area contributed by atoms with Gasteiger partial charge in [-0.3, -0.25) is 0 Å². The largest absolute Gasteiger partial charge is 0.497 e. The van der Waals surface area contributed by atoms with Crippen LogP contribution in [0.15, 0.2) is 42.5 Å². The average molecular weight is 280 g/mol. The molecule has 0 amide bonds. The van der Waals surface area contributed by atoms with E-state index in [0.29, 0.717) is 16.3 Å². The quantitative estimate of drug-likeness (QED) is 0.919. The smallest absolute Gasteiger partial charge is 0.128 e. The summed E-state index contributed by atoms with van der Waals surface area (Å²) in [6.45, 7) is 0. The molecule has 0 aliphatic rings. The minimum absolute atomic E-state index is 0.256. The van der Waals surface area contributed by atoms with Gasteiger partial charge in [0.05, 0.1) is 13.2 Å². The maximum atomic E-state index is 13.9. The molecule has 0 saturated carbocycles. The minimum atomic E-state index is -0.292. The number of nitrogens with one attached hydrogen (secondary N) is 1. The lowest BCUT2D eigenvalue weighted by atomic mass is 9.98. The topological polar surface area (TPSA) is 21.3 Å². The lowest BCUT2D eigenvalue weighted by Crippen LogP contribution is -2.19. The summed E-state index contributed by atoms with van der Waals surface area (Å²) in [7, 11) is 3.36. The Hall–Kier alpha value is -1.58. The fourth-order valence-electron chi connectivity index (χ4n) is 2.06. The first kappa shape index (κ1) is 13.8. The first-order valence-electron chi connectivity index (χ1n) is 5.92. The van der Waals surface area contributed by atoms with E-state index in [2.05, 4.69) is 5.32 Å². The van der Waals surface area contributed by atoms with E-state index in [1.807, 2.05) is 12.1 Å². The second kappa shape index (κ2) is 6.04. The van der Waals surface area contributed by atoms with Crippen LogP contribution < -0.4 is 10.1 Å². The molecule has 0 radical (unpaired) electrons. The number of benzene rings is 2. The highest BCUT2D eigenvalue weighted by molar-refractivity contribution is 6.31. The van der Waals surface area contributed by atoms with Gasteiger partial charge in [-0.1, -0.05) is 35.9 Å². The molecule has 2 aromatic carbocycles. The van der Waals surface area contributed by atoms with Crippen molar-refractivity contribution in [1.82, 2.24) is 5.32 Å². The normalized spacial score (nSPS) is 12.2. The molecular weight excluding hydrogens is 265 g/mol. The van der Waals surface area contributed by atoms with Gasteiger partial charge in [0, 0.05) is 10.6 Å². The molecule has 1 unspecified atom stereocenters. The third kappa shape index (κ3) is 2.88. The molecule has 0 saturated heterocycles. The molecule has 2 aromatic rings. The van der Waals surface area contributed by atoms with Gasteiger partial charge in [0.1, 0.15) is 11.6 Å². The van der Waals surface area contributed by atoms with Gasteiger partial charge in [0.25, 0.3) is 0 Å². The van der Waals surface area contributed by atoms with Crippen molar-refractivity contribution in [2.24, 2.45) is 0 Å². The highest BCUT2D eigenvalue weighted by atomic mass is 35.5. The zero-order valence-corrected chi connectivity index (χ0v) is 11.5. The van der Waals surface area contributed by atoms with Gasteiger partial charge >= 0.3 is 0 Å². The summed E-state index contributed by atoms with van der Waals surface area (Å²) in [6, 6.07) is 11.7. The maximum absolute atomic E-state index is 13.9. The Morgan fingerprint density at radius 1 is 1.16 bits per heavy atom. The Kier molecular flexibility index (Phi) is 4.40. The third-order valence-electron chi connectivity index (χ3n) is 3.02. The molecule has 0 fully saturated rings. The van der Waals surface area contributed by atoms with Crippen LogP contribution >= 0.6 is 11.6 Å². The molecule has 1 atom stereocenters. The molecule has 2 nitrogen and oxygen atoms in total. The summed E-state index contributed by atoms with van der Waals surface area (Å²) < 4.78 is 19.0. The summed E-state index contributed by atoms with van der Waals surface area (Å²) in [5.74, 6) is 0.422. The van der Waals surface area contributed by atoms with Crippen LogP contribution in [-0.4, -0.2) is 14.2 Å². The predicted molar refractivity (Wildman–Crippen MR) is 75.3 cm³/mol. The summed E-state index contributed by atoms with van der Waals surface area (Å²) >= 11 is 6.24. The van der Waals surface area contributed by atoms with Crippen molar-refractivity contribution in [3.8, 4) is 5.75 Å². The van der Waals surface area contributed by atoms with Crippen molar-refractivity contribution in [3.05, 3.63) is 64.4 Å². The number of halogens is 2. The molecular formula is C15H15ClFNO. The van der Waals surface area contributed by atoms with Crippen LogP contribution in [0, 0.1) is 5.82 Å². The Morgan fingerprint density at radius 2 is 1.89 bits per heavy atom. The Labute approximate surface area is 117 Å². The monoisotopic (exact) mass is 279 g/mol. The van der Waals surface area contributed by atoms with Gasteiger partial charge in [0.15, 0.2) is 0 Å². The summed E-state index contributed by atoms with van der Waals surface area (Å²) in [5.41, 5.74) is 1.38. The van der Waals surface area contributed by atoms with Crippen LogP contribution in [0.4, 0.5) is 4.39 Å². The lowest BCUT2D eigenvalue weighted by Gasteiger charge is -2.19. The molecule has 4 heteroatoms. The van der Waals surface area contributed by atoms with Crippen LogP contribution in [-0.2, 0) is 0 Å². The molecule has 0 aliphatic heterocycles. The molecule has 0 spiro atoms. The average Bonchev–Trinajstić information content (AvgIpc) is 2.43. The highest BCUT2D eigenvalue weighted by Gasteiger charge is 2.18. The van der Waals surface area contributed by atoms with E-state index in [9.17, 15) is 4.39 Å². The number of ether oxygens (including phenoxy) is 1. The van der Waals surface area contributed by atoms with Crippen molar-refractivity contribution in [2.45, 2.75) is 6.04 Å². The maximum Gasteiger partial charge on any atom is 0.128 e. The molecule has 100 valence electrons. The predicted octanol–water partition coefficient (Wildman–Crippen LogP) is 3.80. The lowest BCUT2D eigenvalue weighted by molar-refractivity contribution is 0.414. The van der Waals surface area contributed by atoms with Crippen molar-refractivity contribution in [3.63, 3.8) is 0 Å². The van der Waals surface area contributed by atoms with Gasteiger partial charge in [-0.15, -0.1) is 0 Å². The molecule has 1 N–H and O–H groups in total. The standard InChI is InChI=1S/C15H15ClFNO/c1-18-15(12-5-3-4-6-14(12)17)11-8-7-10(19-2)9-13(11)16/h3-9,15,18H,1-2H3. The summed E-state index contributed by atoms with van der Waals surface area (Å²) in [6.07, 6.45) is 0. The third-order valence-corrected chi connectivity index (χ3v) is 3.35. The number of hydrogen-bond acceptors (Lipinski definition) is 2. The first-order chi connectivity index (χ1) is 9.17. The molecule has 0 heterocycles. The van der Waals surface area contributed by atoms with E-state index in [4.69, 9.17) is 16.3 Å². The van der Waals surface area contributed by atoms with Crippen LogP contribution in [0.25, 0.3) is 0 Å². The fourth-order valence-corrected chi connectivity index (χ4v) is 2.34. The van der Waals surface area contributed by atoms with E-state index in [1.54, 1.807) is 38.4 Å². The van der Waals surface area contributed by atoms with Gasteiger partial charge in [-0.2, -0.15) is 0 Å². The first-order valence-corrected chi connectivity index (χ1v) is 6.30. The van der Waals surface area contributed by atoms with Crippen molar-refractivity contribution in [2.75, 3.05) is 14.2 Å². The van der Waals surface area contributed by atoms with Crippen molar-refractivity contribution >= 4 is 11.6 Å². The van der Waals surface area contributed by atoms with E-state index in [1.165, 1.54) is 6.07 Å². The van der Waals surface area contributed by atoms with E-state index < -0.39 is 0 Å². The Balaban J connectivity index is 2.46. The number of hydrogen-bond donors (Lipinski definition) is 1. The Morgan fingerprint density at radius 3 is 2.47 bits per heavy atom. The fraction of sp³-hybridized carbons (Fsp3) is 0.200. The van der Waals surface area contributed by atoms with Crippen molar-refractivity contribution < 1.29 is 9.13 Å². The van der Waals surface area contributed by atoms with Crippen LogP contribution in [0.1, 0.15) is 17.2 Å². The van der Waals surface area contributed by atoms with E-state index >= 15 is 0 Å². The van der Waals surface area contributed by atoms with Crippen LogP contribution in [0.3, 0.4) is 0 Å². The zero-order valence-electron chi connectivity index (χ0n) is 10.8. The number of methoxy groups -OCH3 is 1. The van der Waals surface area contributed by atoms with Crippen LogP contribution in [0.5, 0.6) is 5.75 Å². The van der Waals surface area contributed by atoms with Crippen molar-refractivity contribution in [1.29, 1.82) is 0 Å². The summed E-state index contributed by atoms with van der Waals surface area (Å²) in [4.78, 5) is 0. The second-order valence-corrected chi connectivity index (χ2v) is 4.54. The summed E-state index contributed by atoms with van der Waals surface area (Å²) in [5, 5.41) is 3.63. The molecule has 2 rings (SSSR count). The van der Waals surface area contributed by atoms with Gasteiger partial charge in [-0.25, -0.2) is 4.39 Å². The molecule has 0 aromatic heterocycles. The highest BCUT2D eigenvalue weighted by Crippen LogP contribution is 2.31.